The zero-order valence-corrected chi connectivity index (χ0v) is 8.14. The molecule has 1 N–H and O–H groups in total. The molecule has 84 valence electrons. The van der Waals surface area contributed by atoms with Gasteiger partial charge in [0.25, 0.3) is 0 Å². The van der Waals surface area contributed by atoms with Gasteiger partial charge >= 0.3 is 6.18 Å². The standard InChI is InChI=1S/C10H11F3O2/c1-2-15-9-5-8(10(11,12)13)4-3-7(9)6-14/h3-5,14H,2,6H2,1H3. The van der Waals surface area contributed by atoms with Gasteiger partial charge in [-0.25, -0.2) is 0 Å². The Morgan fingerprint density at radius 3 is 2.47 bits per heavy atom. The SMILES string of the molecule is CCOc1cc(C(F)(F)F)ccc1CO. The molecule has 0 aliphatic heterocycles. The second kappa shape index (κ2) is 4.53. The smallest absolute Gasteiger partial charge is 0.416 e. The van der Waals surface area contributed by atoms with E-state index in [-0.39, 0.29) is 19.0 Å². The van der Waals surface area contributed by atoms with Crippen molar-refractivity contribution in [1.82, 2.24) is 0 Å². The van der Waals surface area contributed by atoms with E-state index in [0.717, 1.165) is 12.1 Å². The second-order valence-corrected chi connectivity index (χ2v) is 2.91. The third kappa shape index (κ3) is 2.86. The molecule has 0 aliphatic carbocycles. The van der Waals surface area contributed by atoms with Crippen LogP contribution in [0, 0.1) is 0 Å². The van der Waals surface area contributed by atoms with Crippen LogP contribution in [0.15, 0.2) is 18.2 Å². The van der Waals surface area contributed by atoms with Crippen molar-refractivity contribution in [3.05, 3.63) is 29.3 Å². The molecule has 1 aromatic rings. The molecule has 0 radical (unpaired) electrons. The van der Waals surface area contributed by atoms with Crippen molar-refractivity contribution in [3.8, 4) is 5.75 Å². The highest BCUT2D eigenvalue weighted by molar-refractivity contribution is 5.38. The molecule has 0 spiro atoms. The van der Waals surface area contributed by atoms with Crippen molar-refractivity contribution in [2.45, 2.75) is 19.7 Å². The van der Waals surface area contributed by atoms with E-state index in [9.17, 15) is 13.2 Å². The summed E-state index contributed by atoms with van der Waals surface area (Å²) >= 11 is 0. The topological polar surface area (TPSA) is 29.5 Å². The van der Waals surface area contributed by atoms with E-state index in [1.54, 1.807) is 6.92 Å². The van der Waals surface area contributed by atoms with Crippen molar-refractivity contribution < 1.29 is 23.0 Å². The molecule has 1 rings (SSSR count). The Balaban J connectivity index is 3.10. The third-order valence-electron chi connectivity index (χ3n) is 1.86. The Morgan fingerprint density at radius 1 is 1.33 bits per heavy atom. The van der Waals surface area contributed by atoms with Gasteiger partial charge in [0.15, 0.2) is 0 Å². The average Bonchev–Trinajstić information content (AvgIpc) is 2.17. The number of ether oxygens (including phenoxy) is 1. The summed E-state index contributed by atoms with van der Waals surface area (Å²) in [6, 6.07) is 3.04. The predicted molar refractivity (Wildman–Crippen MR) is 48.5 cm³/mol. The predicted octanol–water partition coefficient (Wildman–Crippen LogP) is 2.60. The summed E-state index contributed by atoms with van der Waals surface area (Å²) < 4.78 is 42.0. The van der Waals surface area contributed by atoms with E-state index in [2.05, 4.69) is 0 Å². The molecule has 0 bridgehead atoms. The van der Waals surface area contributed by atoms with E-state index in [4.69, 9.17) is 9.84 Å². The van der Waals surface area contributed by atoms with Gasteiger partial charge in [0.1, 0.15) is 5.75 Å². The summed E-state index contributed by atoms with van der Waals surface area (Å²) in [5.41, 5.74) is -0.423. The maximum Gasteiger partial charge on any atom is 0.416 e. The number of hydrogen-bond donors (Lipinski definition) is 1. The summed E-state index contributed by atoms with van der Waals surface area (Å²) in [5, 5.41) is 8.88. The minimum atomic E-state index is -4.39. The molecule has 0 atom stereocenters. The van der Waals surface area contributed by atoms with Crippen LogP contribution in [-0.2, 0) is 12.8 Å². The van der Waals surface area contributed by atoms with Crippen LogP contribution >= 0.6 is 0 Å². The molecule has 0 aromatic heterocycles. The molecule has 0 heterocycles. The number of hydrogen-bond acceptors (Lipinski definition) is 2. The first kappa shape index (κ1) is 11.8. The van der Waals surface area contributed by atoms with E-state index in [0.29, 0.717) is 5.56 Å². The zero-order chi connectivity index (χ0) is 11.5. The van der Waals surface area contributed by atoms with Gasteiger partial charge in [0.2, 0.25) is 0 Å². The minimum Gasteiger partial charge on any atom is -0.493 e. The zero-order valence-electron chi connectivity index (χ0n) is 8.14. The lowest BCUT2D eigenvalue weighted by molar-refractivity contribution is -0.137. The third-order valence-corrected chi connectivity index (χ3v) is 1.86. The van der Waals surface area contributed by atoms with Crippen molar-refractivity contribution >= 4 is 0 Å². The number of rotatable bonds is 3. The van der Waals surface area contributed by atoms with Gasteiger partial charge in [-0.3, -0.25) is 0 Å². The van der Waals surface area contributed by atoms with Gasteiger partial charge in [0, 0.05) is 5.56 Å². The average molecular weight is 220 g/mol. The first-order valence-corrected chi connectivity index (χ1v) is 4.42. The molecule has 0 saturated heterocycles. The van der Waals surface area contributed by atoms with Gasteiger partial charge in [-0.15, -0.1) is 0 Å². The second-order valence-electron chi connectivity index (χ2n) is 2.91. The normalized spacial score (nSPS) is 11.5. The molecule has 1 aromatic carbocycles. The molecule has 2 nitrogen and oxygen atoms in total. The lowest BCUT2D eigenvalue weighted by Crippen LogP contribution is -2.06. The Labute approximate surface area is 85.3 Å². The van der Waals surface area contributed by atoms with Crippen LogP contribution in [0.5, 0.6) is 5.75 Å². The van der Waals surface area contributed by atoms with Crippen molar-refractivity contribution in [2.24, 2.45) is 0 Å². The van der Waals surface area contributed by atoms with Gasteiger partial charge < -0.3 is 9.84 Å². The molecule has 0 fully saturated rings. The maximum absolute atomic E-state index is 12.3. The highest BCUT2D eigenvalue weighted by atomic mass is 19.4. The van der Waals surface area contributed by atoms with Gasteiger partial charge in [0.05, 0.1) is 18.8 Å². The highest BCUT2D eigenvalue weighted by Crippen LogP contribution is 2.33. The van der Waals surface area contributed by atoms with E-state index < -0.39 is 11.7 Å². The first-order valence-electron chi connectivity index (χ1n) is 4.42. The van der Waals surface area contributed by atoms with E-state index >= 15 is 0 Å². The molecule has 0 unspecified atom stereocenters. The van der Waals surface area contributed by atoms with Crippen LogP contribution in [-0.4, -0.2) is 11.7 Å². The minimum absolute atomic E-state index is 0.0785. The number of aliphatic hydroxyl groups excluding tert-OH is 1. The monoisotopic (exact) mass is 220 g/mol. The molecule has 0 aliphatic rings. The van der Waals surface area contributed by atoms with Crippen molar-refractivity contribution in [1.29, 1.82) is 0 Å². The fourth-order valence-corrected chi connectivity index (χ4v) is 1.15. The number of alkyl halides is 3. The number of benzene rings is 1. The number of halogens is 3. The van der Waals surface area contributed by atoms with Gasteiger partial charge in [-0.2, -0.15) is 13.2 Å². The van der Waals surface area contributed by atoms with Crippen molar-refractivity contribution in [2.75, 3.05) is 6.61 Å². The lowest BCUT2D eigenvalue weighted by atomic mass is 10.1. The Kier molecular flexibility index (Phi) is 3.57. The van der Waals surface area contributed by atoms with Gasteiger partial charge in [-0.05, 0) is 19.1 Å². The van der Waals surface area contributed by atoms with Crippen LogP contribution in [0.3, 0.4) is 0 Å². The molecule has 15 heavy (non-hydrogen) atoms. The highest BCUT2D eigenvalue weighted by Gasteiger charge is 2.31. The summed E-state index contributed by atoms with van der Waals surface area (Å²) in [6.45, 7) is 1.59. The van der Waals surface area contributed by atoms with Crippen molar-refractivity contribution in [3.63, 3.8) is 0 Å². The van der Waals surface area contributed by atoms with E-state index in [1.807, 2.05) is 0 Å². The molecule has 0 saturated carbocycles. The largest absolute Gasteiger partial charge is 0.493 e. The maximum atomic E-state index is 12.3. The van der Waals surface area contributed by atoms with Crippen LogP contribution in [0.2, 0.25) is 0 Å². The Hall–Kier alpha value is -1.23. The molecule has 5 heteroatoms. The van der Waals surface area contributed by atoms with Crippen LogP contribution in [0.1, 0.15) is 18.1 Å². The van der Waals surface area contributed by atoms with Gasteiger partial charge in [-0.1, -0.05) is 6.07 Å². The summed E-state index contributed by atoms with van der Waals surface area (Å²) in [6.07, 6.45) is -4.39. The summed E-state index contributed by atoms with van der Waals surface area (Å²) in [7, 11) is 0. The quantitative estimate of drug-likeness (QED) is 0.848. The number of aliphatic hydroxyl groups is 1. The Morgan fingerprint density at radius 2 is 2.00 bits per heavy atom. The fraction of sp³-hybridized carbons (Fsp3) is 0.400. The van der Waals surface area contributed by atoms with Crippen LogP contribution in [0.25, 0.3) is 0 Å². The summed E-state index contributed by atoms with van der Waals surface area (Å²) in [4.78, 5) is 0. The molecule has 0 amide bonds. The van der Waals surface area contributed by atoms with Crippen LogP contribution < -0.4 is 4.74 Å². The molecular weight excluding hydrogens is 209 g/mol. The summed E-state index contributed by atoms with van der Waals surface area (Å²) in [5.74, 6) is 0.0785. The Bertz CT molecular complexity index is 334. The first-order chi connectivity index (χ1) is 6.99. The lowest BCUT2D eigenvalue weighted by Gasteiger charge is -2.12. The van der Waals surface area contributed by atoms with Crippen LogP contribution in [0.4, 0.5) is 13.2 Å². The fourth-order valence-electron chi connectivity index (χ4n) is 1.15. The molecular formula is C10H11F3O2. The van der Waals surface area contributed by atoms with E-state index in [1.165, 1.54) is 6.07 Å².